The van der Waals surface area contributed by atoms with Crippen LogP contribution in [-0.2, 0) is 4.74 Å². The first kappa shape index (κ1) is 8.70. The number of ether oxygens (including phenoxy) is 1. The van der Waals surface area contributed by atoms with Crippen LogP contribution in [0.1, 0.15) is 23.8 Å². The SMILES string of the molecule is CCCOC(=O)c1nc[nH]c1F. The molecule has 1 heterocycles. The van der Waals surface area contributed by atoms with E-state index in [0.29, 0.717) is 6.42 Å². The summed E-state index contributed by atoms with van der Waals surface area (Å²) < 4.78 is 17.3. The van der Waals surface area contributed by atoms with Gasteiger partial charge < -0.3 is 9.72 Å². The van der Waals surface area contributed by atoms with E-state index in [1.54, 1.807) is 0 Å². The van der Waals surface area contributed by atoms with Gasteiger partial charge in [-0.2, -0.15) is 4.39 Å². The lowest BCUT2D eigenvalue weighted by Gasteiger charge is -1.98. The van der Waals surface area contributed by atoms with Crippen molar-refractivity contribution in [2.45, 2.75) is 13.3 Å². The minimum atomic E-state index is -0.754. The summed E-state index contributed by atoms with van der Waals surface area (Å²) in [6.45, 7) is 2.14. The van der Waals surface area contributed by atoms with E-state index in [4.69, 9.17) is 0 Å². The monoisotopic (exact) mass is 172 g/mol. The fourth-order valence-electron chi connectivity index (χ4n) is 0.684. The number of aromatic nitrogens is 2. The van der Waals surface area contributed by atoms with Gasteiger partial charge in [0.15, 0.2) is 0 Å². The summed E-state index contributed by atoms with van der Waals surface area (Å²) in [7, 11) is 0. The molecule has 5 heteroatoms. The first-order chi connectivity index (χ1) is 5.75. The number of nitrogens with zero attached hydrogens (tertiary/aromatic N) is 1. The third-order valence-electron chi connectivity index (χ3n) is 1.22. The molecular formula is C7H9FN2O2. The second kappa shape index (κ2) is 3.85. The molecule has 0 amide bonds. The second-order valence-corrected chi connectivity index (χ2v) is 2.20. The van der Waals surface area contributed by atoms with Crippen molar-refractivity contribution in [1.82, 2.24) is 9.97 Å². The van der Waals surface area contributed by atoms with Gasteiger partial charge in [0.05, 0.1) is 12.9 Å². The highest BCUT2D eigenvalue weighted by Gasteiger charge is 2.15. The molecule has 0 saturated carbocycles. The standard InChI is InChI=1S/C7H9FN2O2/c1-2-3-12-7(11)5-6(8)10-4-9-5/h4H,2-3H2,1H3,(H,9,10). The van der Waals surface area contributed by atoms with Gasteiger partial charge in [-0.1, -0.05) is 6.92 Å². The van der Waals surface area contributed by atoms with Crippen LogP contribution in [0.25, 0.3) is 0 Å². The lowest BCUT2D eigenvalue weighted by atomic mass is 10.4. The van der Waals surface area contributed by atoms with E-state index < -0.39 is 11.9 Å². The predicted octanol–water partition coefficient (Wildman–Crippen LogP) is 1.12. The molecule has 0 spiro atoms. The molecule has 0 aliphatic carbocycles. The van der Waals surface area contributed by atoms with E-state index in [1.807, 2.05) is 6.92 Å². The van der Waals surface area contributed by atoms with Crippen molar-refractivity contribution < 1.29 is 13.9 Å². The molecule has 0 aromatic carbocycles. The van der Waals surface area contributed by atoms with E-state index in [1.165, 1.54) is 0 Å². The Hall–Kier alpha value is -1.39. The van der Waals surface area contributed by atoms with Crippen LogP contribution in [0.15, 0.2) is 6.33 Å². The topological polar surface area (TPSA) is 55.0 Å². The molecule has 0 radical (unpaired) electrons. The predicted molar refractivity (Wildman–Crippen MR) is 39.1 cm³/mol. The molecular weight excluding hydrogens is 163 g/mol. The Balaban J connectivity index is 2.59. The molecule has 0 atom stereocenters. The van der Waals surface area contributed by atoms with Crippen molar-refractivity contribution in [3.8, 4) is 0 Å². The van der Waals surface area contributed by atoms with Crippen molar-refractivity contribution in [3.05, 3.63) is 18.0 Å². The summed E-state index contributed by atoms with van der Waals surface area (Å²) >= 11 is 0. The Morgan fingerprint density at radius 3 is 3.08 bits per heavy atom. The smallest absolute Gasteiger partial charge is 0.361 e. The number of nitrogens with one attached hydrogen (secondary N) is 1. The molecule has 1 rings (SSSR count). The van der Waals surface area contributed by atoms with Crippen LogP contribution in [0.2, 0.25) is 0 Å². The maximum atomic E-state index is 12.6. The van der Waals surface area contributed by atoms with Crippen molar-refractivity contribution in [3.63, 3.8) is 0 Å². The van der Waals surface area contributed by atoms with E-state index in [2.05, 4.69) is 14.7 Å². The Labute approximate surface area is 68.8 Å². The number of H-pyrrole nitrogens is 1. The minimum Gasteiger partial charge on any atom is -0.461 e. The number of aromatic amines is 1. The van der Waals surface area contributed by atoms with Gasteiger partial charge in [0.2, 0.25) is 11.6 Å². The first-order valence-electron chi connectivity index (χ1n) is 3.61. The molecule has 4 nitrogen and oxygen atoms in total. The molecule has 0 aliphatic rings. The zero-order chi connectivity index (χ0) is 8.97. The number of carbonyl (C=O) groups is 1. The molecule has 1 aromatic heterocycles. The van der Waals surface area contributed by atoms with Crippen LogP contribution in [0.4, 0.5) is 4.39 Å². The van der Waals surface area contributed by atoms with Crippen LogP contribution < -0.4 is 0 Å². The van der Waals surface area contributed by atoms with E-state index in [-0.39, 0.29) is 12.3 Å². The highest BCUT2D eigenvalue weighted by molar-refractivity contribution is 5.87. The number of rotatable bonds is 3. The Kier molecular flexibility index (Phi) is 2.79. The van der Waals surface area contributed by atoms with Crippen LogP contribution in [-0.4, -0.2) is 22.5 Å². The zero-order valence-corrected chi connectivity index (χ0v) is 6.63. The van der Waals surface area contributed by atoms with Gasteiger partial charge in [0.25, 0.3) is 0 Å². The normalized spacial score (nSPS) is 9.83. The molecule has 0 fully saturated rings. The molecule has 0 unspecified atom stereocenters. The maximum absolute atomic E-state index is 12.6. The number of esters is 1. The molecule has 0 bridgehead atoms. The average Bonchev–Trinajstić information content (AvgIpc) is 2.47. The average molecular weight is 172 g/mol. The summed E-state index contributed by atoms with van der Waals surface area (Å²) in [4.78, 5) is 16.6. The summed E-state index contributed by atoms with van der Waals surface area (Å²) in [5.74, 6) is -1.48. The molecule has 12 heavy (non-hydrogen) atoms. The van der Waals surface area contributed by atoms with Gasteiger partial charge in [0, 0.05) is 0 Å². The number of hydrogen-bond acceptors (Lipinski definition) is 3. The quantitative estimate of drug-likeness (QED) is 0.695. The van der Waals surface area contributed by atoms with Gasteiger partial charge >= 0.3 is 5.97 Å². The highest BCUT2D eigenvalue weighted by Crippen LogP contribution is 2.01. The number of carbonyl (C=O) groups excluding carboxylic acids is 1. The Morgan fingerprint density at radius 2 is 2.58 bits per heavy atom. The van der Waals surface area contributed by atoms with Crippen LogP contribution >= 0.6 is 0 Å². The number of halogens is 1. The van der Waals surface area contributed by atoms with Gasteiger partial charge in [-0.3, -0.25) is 0 Å². The van der Waals surface area contributed by atoms with Crippen molar-refractivity contribution >= 4 is 5.97 Å². The summed E-state index contributed by atoms with van der Waals surface area (Å²) in [5.41, 5.74) is -0.288. The fraction of sp³-hybridized carbons (Fsp3) is 0.429. The Morgan fingerprint density at radius 1 is 1.83 bits per heavy atom. The maximum Gasteiger partial charge on any atom is 0.361 e. The van der Waals surface area contributed by atoms with Gasteiger partial charge in [-0.15, -0.1) is 0 Å². The third kappa shape index (κ3) is 1.81. The highest BCUT2D eigenvalue weighted by atomic mass is 19.1. The van der Waals surface area contributed by atoms with E-state index >= 15 is 0 Å². The number of imidazole rings is 1. The minimum absolute atomic E-state index is 0.283. The fourth-order valence-corrected chi connectivity index (χ4v) is 0.684. The van der Waals surface area contributed by atoms with Gasteiger partial charge in [0.1, 0.15) is 0 Å². The molecule has 66 valence electrons. The van der Waals surface area contributed by atoms with Crippen LogP contribution in [0.3, 0.4) is 0 Å². The molecule has 1 N–H and O–H groups in total. The van der Waals surface area contributed by atoms with Gasteiger partial charge in [-0.05, 0) is 6.42 Å². The zero-order valence-electron chi connectivity index (χ0n) is 6.63. The summed E-state index contributed by atoms with van der Waals surface area (Å²) in [6.07, 6.45) is 1.82. The lowest BCUT2D eigenvalue weighted by Crippen LogP contribution is -2.08. The Bertz CT molecular complexity index is 272. The van der Waals surface area contributed by atoms with E-state index in [0.717, 1.165) is 6.33 Å². The molecule has 0 aliphatic heterocycles. The number of hydrogen-bond donors (Lipinski definition) is 1. The van der Waals surface area contributed by atoms with Crippen LogP contribution in [0, 0.1) is 5.95 Å². The lowest BCUT2D eigenvalue weighted by molar-refractivity contribution is 0.0493. The van der Waals surface area contributed by atoms with Crippen molar-refractivity contribution in [1.29, 1.82) is 0 Å². The second-order valence-electron chi connectivity index (χ2n) is 2.20. The van der Waals surface area contributed by atoms with E-state index in [9.17, 15) is 9.18 Å². The molecule has 0 saturated heterocycles. The largest absolute Gasteiger partial charge is 0.461 e. The van der Waals surface area contributed by atoms with Crippen molar-refractivity contribution in [2.24, 2.45) is 0 Å². The van der Waals surface area contributed by atoms with Crippen molar-refractivity contribution in [2.75, 3.05) is 6.61 Å². The van der Waals surface area contributed by atoms with Gasteiger partial charge in [-0.25, -0.2) is 9.78 Å². The third-order valence-corrected chi connectivity index (χ3v) is 1.22. The molecule has 1 aromatic rings. The summed E-state index contributed by atoms with van der Waals surface area (Å²) in [5, 5.41) is 0. The first-order valence-corrected chi connectivity index (χ1v) is 3.61. The van der Waals surface area contributed by atoms with Crippen LogP contribution in [0.5, 0.6) is 0 Å². The summed E-state index contributed by atoms with van der Waals surface area (Å²) in [6, 6.07) is 0.